The van der Waals surface area contributed by atoms with E-state index in [0.717, 1.165) is 19.4 Å². The van der Waals surface area contributed by atoms with Crippen LogP contribution in [0.2, 0.25) is 0 Å². The normalized spacial score (nSPS) is 12.1. The molecule has 0 aliphatic rings. The smallest absolute Gasteiger partial charge is 0.149 e. The third-order valence-corrected chi connectivity index (χ3v) is 3.06. The van der Waals surface area contributed by atoms with Crippen molar-refractivity contribution < 1.29 is 4.79 Å². The second-order valence-corrected chi connectivity index (χ2v) is 5.41. The number of carbonyl (C=O) groups is 1. The summed E-state index contributed by atoms with van der Waals surface area (Å²) in [6.45, 7) is 14.5. The van der Waals surface area contributed by atoms with Crippen LogP contribution in [0.3, 0.4) is 0 Å². The maximum Gasteiger partial charge on any atom is 0.149 e. The largest absolute Gasteiger partial charge is 0.298 e. The molecular weight excluding hydrogens is 198 g/mol. The Morgan fingerprint density at radius 3 is 1.88 bits per heavy atom. The second kappa shape index (κ2) is 7.83. The molecule has 0 aromatic carbocycles. The Balaban J connectivity index is 4.47. The van der Waals surface area contributed by atoms with Crippen molar-refractivity contribution in [1.29, 1.82) is 0 Å². The highest BCUT2D eigenvalue weighted by Crippen LogP contribution is 2.12. The van der Waals surface area contributed by atoms with Gasteiger partial charge in [0.2, 0.25) is 0 Å². The molecule has 0 rings (SSSR count). The Morgan fingerprint density at radius 2 is 1.56 bits per heavy atom. The van der Waals surface area contributed by atoms with E-state index in [1.165, 1.54) is 0 Å². The molecule has 0 aliphatic heterocycles. The zero-order chi connectivity index (χ0) is 12.7. The molecule has 0 aromatic heterocycles. The van der Waals surface area contributed by atoms with Crippen LogP contribution in [0.25, 0.3) is 0 Å². The molecule has 0 radical (unpaired) electrons. The average Bonchev–Trinajstić information content (AvgIpc) is 2.18. The van der Waals surface area contributed by atoms with Gasteiger partial charge >= 0.3 is 0 Å². The topological polar surface area (TPSA) is 20.3 Å². The summed E-state index contributed by atoms with van der Waals surface area (Å²) in [6, 6.07) is 0.560. The van der Waals surface area contributed by atoms with E-state index in [4.69, 9.17) is 0 Å². The van der Waals surface area contributed by atoms with Gasteiger partial charge in [0.25, 0.3) is 0 Å². The van der Waals surface area contributed by atoms with E-state index in [1.54, 1.807) is 0 Å². The van der Waals surface area contributed by atoms with Crippen molar-refractivity contribution in [3.8, 4) is 0 Å². The first-order chi connectivity index (χ1) is 7.42. The number of carbonyl (C=O) groups excluding carboxylic acids is 1. The molecule has 0 fully saturated rings. The Hall–Kier alpha value is -0.370. The summed E-state index contributed by atoms with van der Waals surface area (Å²) in [7, 11) is 0. The minimum atomic E-state index is 0.157. The van der Waals surface area contributed by atoms with Gasteiger partial charge in [0.15, 0.2) is 0 Å². The fourth-order valence-electron chi connectivity index (χ4n) is 2.00. The monoisotopic (exact) mass is 227 g/mol. The van der Waals surface area contributed by atoms with Crippen LogP contribution in [0.4, 0.5) is 0 Å². The van der Waals surface area contributed by atoms with Gasteiger partial charge in [-0.15, -0.1) is 0 Å². The number of hydrogen-bond donors (Lipinski definition) is 0. The first-order valence-corrected chi connectivity index (χ1v) is 6.69. The highest BCUT2D eigenvalue weighted by Gasteiger charge is 2.20. The molecule has 2 heteroatoms. The molecule has 0 atom stereocenters. The van der Waals surface area contributed by atoms with E-state index in [-0.39, 0.29) is 5.92 Å². The lowest BCUT2D eigenvalue weighted by Crippen LogP contribution is -2.41. The van der Waals surface area contributed by atoms with Crippen molar-refractivity contribution in [2.75, 3.05) is 13.1 Å². The van der Waals surface area contributed by atoms with Crippen molar-refractivity contribution in [2.24, 2.45) is 11.8 Å². The van der Waals surface area contributed by atoms with Crippen LogP contribution in [0.5, 0.6) is 0 Å². The van der Waals surface area contributed by atoms with Gasteiger partial charge in [0.05, 0.1) is 6.54 Å². The van der Waals surface area contributed by atoms with Gasteiger partial charge in [-0.1, -0.05) is 41.5 Å². The molecular formula is C14H29NO. The highest BCUT2D eigenvalue weighted by molar-refractivity contribution is 5.82. The van der Waals surface area contributed by atoms with Gasteiger partial charge < -0.3 is 0 Å². The van der Waals surface area contributed by atoms with E-state index in [1.807, 2.05) is 13.8 Å². The molecule has 96 valence electrons. The van der Waals surface area contributed by atoms with Gasteiger partial charge in [0.1, 0.15) is 5.78 Å². The number of ketones is 1. The summed E-state index contributed by atoms with van der Waals surface area (Å²) in [6.07, 6.45) is 2.27. The summed E-state index contributed by atoms with van der Waals surface area (Å²) in [5, 5.41) is 0. The van der Waals surface area contributed by atoms with E-state index in [0.29, 0.717) is 24.3 Å². The first-order valence-electron chi connectivity index (χ1n) is 6.69. The Kier molecular flexibility index (Phi) is 7.65. The summed E-state index contributed by atoms with van der Waals surface area (Å²) in [4.78, 5) is 14.2. The highest BCUT2D eigenvalue weighted by atomic mass is 16.1. The molecule has 0 unspecified atom stereocenters. The number of rotatable bonds is 8. The van der Waals surface area contributed by atoms with Crippen molar-refractivity contribution in [3.63, 3.8) is 0 Å². The van der Waals surface area contributed by atoms with Crippen LogP contribution in [0.15, 0.2) is 0 Å². The van der Waals surface area contributed by atoms with E-state index in [2.05, 4.69) is 32.6 Å². The van der Waals surface area contributed by atoms with E-state index in [9.17, 15) is 4.79 Å². The van der Waals surface area contributed by atoms with Gasteiger partial charge in [-0.2, -0.15) is 0 Å². The molecule has 0 spiro atoms. The molecule has 0 bridgehead atoms. The third kappa shape index (κ3) is 5.64. The minimum absolute atomic E-state index is 0.157. The van der Waals surface area contributed by atoms with Crippen molar-refractivity contribution >= 4 is 5.78 Å². The van der Waals surface area contributed by atoms with Gasteiger partial charge in [-0.3, -0.25) is 9.69 Å². The quantitative estimate of drug-likeness (QED) is 0.634. The number of Topliss-reactive ketones (excluding diaryl/α,β-unsaturated/α-hetero) is 1. The SMILES string of the molecule is CCC(CC)N(CC(=O)C(C)C)CC(C)C. The predicted molar refractivity (Wildman–Crippen MR) is 70.6 cm³/mol. The van der Waals surface area contributed by atoms with Gasteiger partial charge in [-0.05, 0) is 18.8 Å². The lowest BCUT2D eigenvalue weighted by molar-refractivity contribution is -0.123. The standard InChI is InChI=1S/C14H29NO/c1-7-13(8-2)15(9-11(3)4)10-14(16)12(5)6/h11-13H,7-10H2,1-6H3. The number of hydrogen-bond acceptors (Lipinski definition) is 2. The fourth-order valence-corrected chi connectivity index (χ4v) is 2.00. The first kappa shape index (κ1) is 15.6. The predicted octanol–water partition coefficient (Wildman–Crippen LogP) is 3.36. The molecule has 0 saturated heterocycles. The molecule has 0 heterocycles. The maximum atomic E-state index is 11.8. The molecule has 0 aliphatic carbocycles. The summed E-state index contributed by atoms with van der Waals surface area (Å²) < 4.78 is 0. The zero-order valence-electron chi connectivity index (χ0n) is 11.9. The van der Waals surface area contributed by atoms with Crippen LogP contribution in [-0.2, 0) is 4.79 Å². The Bertz CT molecular complexity index is 195. The van der Waals surface area contributed by atoms with Gasteiger partial charge in [-0.25, -0.2) is 0 Å². The molecule has 2 nitrogen and oxygen atoms in total. The van der Waals surface area contributed by atoms with E-state index >= 15 is 0 Å². The van der Waals surface area contributed by atoms with Gasteiger partial charge in [0, 0.05) is 18.5 Å². The van der Waals surface area contributed by atoms with Crippen LogP contribution < -0.4 is 0 Å². The molecule has 0 aromatic rings. The van der Waals surface area contributed by atoms with E-state index < -0.39 is 0 Å². The molecule has 0 N–H and O–H groups in total. The zero-order valence-corrected chi connectivity index (χ0v) is 11.9. The van der Waals surface area contributed by atoms with Crippen molar-refractivity contribution in [1.82, 2.24) is 4.90 Å². The minimum Gasteiger partial charge on any atom is -0.298 e. The Labute approximate surface area is 101 Å². The summed E-state index contributed by atoms with van der Waals surface area (Å²) >= 11 is 0. The molecule has 0 saturated carbocycles. The van der Waals surface area contributed by atoms with Crippen LogP contribution in [-0.4, -0.2) is 29.8 Å². The lowest BCUT2D eigenvalue weighted by Gasteiger charge is -2.31. The average molecular weight is 227 g/mol. The van der Waals surface area contributed by atoms with Crippen molar-refractivity contribution in [2.45, 2.75) is 60.4 Å². The second-order valence-electron chi connectivity index (χ2n) is 5.41. The third-order valence-electron chi connectivity index (χ3n) is 3.06. The Morgan fingerprint density at radius 1 is 1.06 bits per heavy atom. The molecule has 0 amide bonds. The van der Waals surface area contributed by atoms with Crippen LogP contribution in [0.1, 0.15) is 54.4 Å². The maximum absolute atomic E-state index is 11.8. The summed E-state index contributed by atoms with van der Waals surface area (Å²) in [5.74, 6) is 1.15. The van der Waals surface area contributed by atoms with Crippen LogP contribution in [0, 0.1) is 11.8 Å². The lowest BCUT2D eigenvalue weighted by atomic mass is 10.0. The summed E-state index contributed by atoms with van der Waals surface area (Å²) in [5.41, 5.74) is 0. The van der Waals surface area contributed by atoms with Crippen LogP contribution >= 0.6 is 0 Å². The fraction of sp³-hybridized carbons (Fsp3) is 0.929. The number of nitrogens with zero attached hydrogens (tertiary/aromatic N) is 1. The van der Waals surface area contributed by atoms with Crippen molar-refractivity contribution in [3.05, 3.63) is 0 Å². The molecule has 16 heavy (non-hydrogen) atoms.